The van der Waals surface area contributed by atoms with Gasteiger partial charge in [0.2, 0.25) is 11.2 Å². The van der Waals surface area contributed by atoms with Gasteiger partial charge in [-0.3, -0.25) is 19.2 Å². The molecule has 2 aromatic rings. The highest BCUT2D eigenvalue weighted by molar-refractivity contribution is 6.00. The molecule has 2 bridgehead atoms. The first kappa shape index (κ1) is 31.3. The first-order chi connectivity index (χ1) is 20.9. The predicted octanol–water partition coefficient (Wildman–Crippen LogP) is 4.89. The highest BCUT2D eigenvalue weighted by Crippen LogP contribution is 2.46. The maximum Gasteiger partial charge on any atom is 0.311 e. The number of carbonyl (C=O) groups is 3. The van der Waals surface area contributed by atoms with E-state index in [1.165, 1.54) is 16.8 Å². The summed E-state index contributed by atoms with van der Waals surface area (Å²) in [5.74, 6) is -3.70. The lowest BCUT2D eigenvalue weighted by atomic mass is 9.84. The summed E-state index contributed by atoms with van der Waals surface area (Å²) in [6.45, 7) is 7.85. The summed E-state index contributed by atoms with van der Waals surface area (Å²) < 4.78 is 34.8. The molecule has 1 aromatic heterocycles. The Labute approximate surface area is 254 Å². The van der Waals surface area contributed by atoms with E-state index < -0.39 is 52.2 Å². The molecule has 1 N–H and O–H groups in total. The Morgan fingerprint density at radius 1 is 1.23 bits per heavy atom. The van der Waals surface area contributed by atoms with E-state index >= 15 is 0 Å². The van der Waals surface area contributed by atoms with Crippen molar-refractivity contribution in [2.45, 2.75) is 96.9 Å². The molecule has 4 heterocycles. The van der Waals surface area contributed by atoms with Crippen LogP contribution < -0.4 is 15.5 Å². The third-order valence-corrected chi connectivity index (χ3v) is 8.75. The van der Waals surface area contributed by atoms with Gasteiger partial charge in [-0.05, 0) is 45.1 Å². The van der Waals surface area contributed by atoms with Crippen molar-refractivity contribution < 1.29 is 32.7 Å². The van der Waals surface area contributed by atoms with Gasteiger partial charge >= 0.3 is 5.97 Å². The Balaban J connectivity index is 1.56. The normalized spacial score (nSPS) is 22.4. The molecule has 1 aromatic carbocycles. The summed E-state index contributed by atoms with van der Waals surface area (Å²) in [7, 11) is 0. The number of rotatable bonds is 9. The first-order valence-corrected chi connectivity index (χ1v) is 15.1. The van der Waals surface area contributed by atoms with Gasteiger partial charge in [-0.25, -0.2) is 8.78 Å². The summed E-state index contributed by atoms with van der Waals surface area (Å²) in [4.78, 5) is 61.9. The van der Waals surface area contributed by atoms with Crippen LogP contribution in [0.1, 0.15) is 105 Å². The molecule has 0 saturated carbocycles. The fourth-order valence-corrected chi connectivity index (χ4v) is 6.29. The van der Waals surface area contributed by atoms with Crippen molar-refractivity contribution in [2.75, 3.05) is 6.54 Å². The van der Waals surface area contributed by atoms with E-state index in [0.717, 1.165) is 24.6 Å². The van der Waals surface area contributed by atoms with Gasteiger partial charge in [-0.2, -0.15) is 0 Å². The minimum atomic E-state index is -0.932. The zero-order valence-corrected chi connectivity index (χ0v) is 25.5. The third-order valence-electron chi connectivity index (χ3n) is 8.75. The number of fused-ring (bicyclic) bond motifs is 5. The van der Waals surface area contributed by atoms with E-state index in [4.69, 9.17) is 9.57 Å². The zero-order valence-electron chi connectivity index (χ0n) is 25.5. The van der Waals surface area contributed by atoms with Crippen LogP contribution in [0.5, 0.6) is 5.75 Å². The maximum absolute atomic E-state index is 14.3. The van der Waals surface area contributed by atoms with Gasteiger partial charge in [-0.15, -0.1) is 0 Å². The highest BCUT2D eigenvalue weighted by Gasteiger charge is 2.54. The average molecular weight is 613 g/mol. The van der Waals surface area contributed by atoms with Crippen LogP contribution in [-0.2, 0) is 16.2 Å². The Morgan fingerprint density at radius 3 is 2.68 bits per heavy atom. The number of nitrogens with one attached hydrogen (secondary N) is 1. The number of esters is 1. The lowest BCUT2D eigenvalue weighted by molar-refractivity contribution is -0.134. The molecule has 5 rings (SSSR count). The number of benzene rings is 1. The molecule has 1 spiro atoms. The van der Waals surface area contributed by atoms with Crippen LogP contribution in [0.4, 0.5) is 8.78 Å². The average Bonchev–Trinajstić information content (AvgIpc) is 3.30. The van der Waals surface area contributed by atoms with Crippen LogP contribution in [0.15, 0.2) is 34.3 Å². The molecular weight excluding hydrogens is 574 g/mol. The molecule has 3 aliphatic heterocycles. The molecular formula is C32H38F2N4O6. The van der Waals surface area contributed by atoms with Crippen LogP contribution in [0, 0.1) is 17.6 Å². The summed E-state index contributed by atoms with van der Waals surface area (Å²) in [5, 5.41) is 6.71. The predicted molar refractivity (Wildman–Crippen MR) is 157 cm³/mol. The van der Waals surface area contributed by atoms with Crippen molar-refractivity contribution in [1.82, 2.24) is 14.8 Å². The van der Waals surface area contributed by atoms with E-state index in [-0.39, 0.29) is 42.4 Å². The fourth-order valence-electron chi connectivity index (χ4n) is 6.29. The van der Waals surface area contributed by atoms with Gasteiger partial charge in [0.25, 0.3) is 11.8 Å². The molecule has 1 fully saturated rings. The van der Waals surface area contributed by atoms with Crippen molar-refractivity contribution in [2.24, 2.45) is 11.1 Å². The largest absolute Gasteiger partial charge is 0.420 e. The number of hydrogen-bond donors (Lipinski definition) is 1. The van der Waals surface area contributed by atoms with Gasteiger partial charge in [0.05, 0.1) is 11.8 Å². The Bertz CT molecular complexity index is 1570. The topological polar surface area (TPSA) is 119 Å². The second-order valence-corrected chi connectivity index (χ2v) is 12.5. The number of hydrogen-bond acceptors (Lipinski definition) is 7. The molecule has 0 aliphatic carbocycles. The van der Waals surface area contributed by atoms with Crippen LogP contribution in [0.25, 0.3) is 0 Å². The first-order valence-electron chi connectivity index (χ1n) is 15.1. The number of halogens is 2. The highest BCUT2D eigenvalue weighted by atomic mass is 19.1. The fraction of sp³-hybridized carbons (Fsp3) is 0.531. The summed E-state index contributed by atoms with van der Waals surface area (Å²) in [5.41, 5.74) is -1.50. The van der Waals surface area contributed by atoms with Crippen molar-refractivity contribution >= 4 is 23.5 Å². The zero-order chi connectivity index (χ0) is 31.8. The molecule has 1 saturated heterocycles. The molecule has 10 nitrogen and oxygen atoms in total. The number of ether oxygens (including phenoxy) is 1. The standard InChI is InChI=1S/C32H38F2N4O6/c1-18(2)7-5-6-8-26(39)43-29-27-31(42)37-17-25(32(12-11-20(37)4)14-19(3)36-44-32)38(27)16-23(28(29)40)30(41)35-15-21-9-10-22(33)13-24(21)34/h9-10,13,16,18,20,25H,5-8,11-12,14-15,17H2,1-4H3,(H,35,41)/t20-,25+,32-/m0/s1. The van der Waals surface area contributed by atoms with Crippen molar-refractivity contribution in [1.29, 1.82) is 0 Å². The number of pyridine rings is 1. The number of aromatic nitrogens is 1. The van der Waals surface area contributed by atoms with E-state index in [1.54, 1.807) is 4.90 Å². The van der Waals surface area contributed by atoms with Crippen LogP contribution in [0.2, 0.25) is 0 Å². The quantitative estimate of drug-likeness (QED) is 0.318. The van der Waals surface area contributed by atoms with Gasteiger partial charge in [0, 0.05) is 49.8 Å². The minimum Gasteiger partial charge on any atom is -0.420 e. The van der Waals surface area contributed by atoms with Gasteiger partial charge in [0.15, 0.2) is 11.3 Å². The van der Waals surface area contributed by atoms with Crippen molar-refractivity contribution in [3.05, 3.63) is 63.1 Å². The SMILES string of the molecule is CC1=NO[C@@]2(CC[C@H](C)N3C[C@H]2n2cc(C(=O)NCc4ccc(F)cc4F)c(=O)c(OC(=O)CCCCC(C)C)c2C3=O)C1. The van der Waals surface area contributed by atoms with E-state index in [1.807, 2.05) is 13.8 Å². The summed E-state index contributed by atoms with van der Waals surface area (Å²) in [6, 6.07) is 2.22. The Kier molecular flexibility index (Phi) is 8.90. The molecule has 12 heteroatoms. The van der Waals surface area contributed by atoms with E-state index in [0.29, 0.717) is 37.7 Å². The van der Waals surface area contributed by atoms with Crippen LogP contribution >= 0.6 is 0 Å². The minimum absolute atomic E-state index is 0.0142. The molecule has 0 radical (unpaired) electrons. The Hall–Kier alpha value is -4.09. The van der Waals surface area contributed by atoms with Crippen molar-refractivity contribution in [3.8, 4) is 5.75 Å². The molecule has 3 atom stereocenters. The molecule has 44 heavy (non-hydrogen) atoms. The molecule has 2 amide bonds. The number of amides is 2. The van der Waals surface area contributed by atoms with E-state index in [2.05, 4.69) is 24.3 Å². The number of unbranched alkanes of at least 4 members (excludes halogenated alkanes) is 1. The molecule has 0 unspecified atom stereocenters. The second-order valence-electron chi connectivity index (χ2n) is 12.5. The number of carbonyl (C=O) groups excluding carboxylic acids is 3. The maximum atomic E-state index is 14.3. The Morgan fingerprint density at radius 2 is 2.00 bits per heavy atom. The number of nitrogens with zero attached hydrogens (tertiary/aromatic N) is 3. The summed E-state index contributed by atoms with van der Waals surface area (Å²) in [6.07, 6.45) is 5.23. The smallest absolute Gasteiger partial charge is 0.311 e. The lowest BCUT2D eigenvalue weighted by Gasteiger charge is -2.42. The summed E-state index contributed by atoms with van der Waals surface area (Å²) >= 11 is 0. The van der Waals surface area contributed by atoms with E-state index in [9.17, 15) is 28.0 Å². The molecule has 236 valence electrons. The van der Waals surface area contributed by atoms with Crippen molar-refractivity contribution in [3.63, 3.8) is 0 Å². The second kappa shape index (κ2) is 12.5. The van der Waals surface area contributed by atoms with Crippen LogP contribution in [-0.4, -0.2) is 51.2 Å². The van der Waals surface area contributed by atoms with Crippen LogP contribution in [0.3, 0.4) is 0 Å². The van der Waals surface area contributed by atoms with Gasteiger partial charge in [-0.1, -0.05) is 37.9 Å². The van der Waals surface area contributed by atoms with Gasteiger partial charge < -0.3 is 24.4 Å². The molecule has 3 aliphatic rings. The monoisotopic (exact) mass is 612 g/mol. The number of oxime groups is 1. The third kappa shape index (κ3) is 6.11. The van der Waals surface area contributed by atoms with Gasteiger partial charge in [0.1, 0.15) is 17.2 Å². The lowest BCUT2D eigenvalue weighted by Crippen LogP contribution is -2.52.